The minimum absolute atomic E-state index is 0.177. The Hall–Kier alpha value is -1.79. The summed E-state index contributed by atoms with van der Waals surface area (Å²) in [7, 11) is 0. The molecule has 0 bridgehead atoms. The van der Waals surface area contributed by atoms with Gasteiger partial charge in [-0.05, 0) is 30.5 Å². The zero-order valence-corrected chi connectivity index (χ0v) is 14.4. The monoisotopic (exact) mass is 333 g/mol. The first-order chi connectivity index (χ1) is 11.3. The lowest BCUT2D eigenvalue weighted by Crippen LogP contribution is -2.31. The second kappa shape index (κ2) is 6.61. The molecule has 5 nitrogen and oxygen atoms in total. The third-order valence-electron chi connectivity index (χ3n) is 4.18. The summed E-state index contributed by atoms with van der Waals surface area (Å²) in [6.07, 6.45) is 1.56. The zero-order valence-electron chi connectivity index (χ0n) is 14.4. The molecule has 1 aliphatic rings. The molecule has 1 aliphatic carbocycles. The first-order valence-corrected chi connectivity index (χ1v) is 8.33. The number of halogens is 1. The molecular formula is C18H24FN3O2. The average Bonchev–Trinajstić information content (AvgIpc) is 3.25. The quantitative estimate of drug-likeness (QED) is 0.879. The minimum atomic E-state index is -0.666. The van der Waals surface area contributed by atoms with Gasteiger partial charge >= 0.3 is 0 Å². The number of rotatable bonds is 6. The molecule has 0 aliphatic heterocycles. The molecule has 1 atom stereocenters. The van der Waals surface area contributed by atoms with E-state index in [4.69, 9.17) is 4.52 Å². The van der Waals surface area contributed by atoms with Crippen LogP contribution in [-0.4, -0.2) is 32.7 Å². The average molecular weight is 333 g/mol. The van der Waals surface area contributed by atoms with Crippen molar-refractivity contribution in [1.82, 2.24) is 15.0 Å². The lowest BCUT2D eigenvalue weighted by molar-refractivity contribution is 0.102. The molecule has 2 aromatic rings. The van der Waals surface area contributed by atoms with Crippen LogP contribution in [0.1, 0.15) is 57.0 Å². The number of hydrogen-bond donors (Lipinski definition) is 1. The summed E-state index contributed by atoms with van der Waals surface area (Å²) in [4.78, 5) is 6.64. The Kier molecular flexibility index (Phi) is 4.69. The lowest BCUT2D eigenvalue weighted by atomic mass is 9.97. The van der Waals surface area contributed by atoms with Crippen molar-refractivity contribution >= 4 is 0 Å². The minimum Gasteiger partial charge on any atom is -0.387 e. The standard InChI is InChI=1S/C18H24FN3O2/c1-18(2,3)17-20-16(21-24-17)11-22(14-8-9-14)10-15(23)12-4-6-13(19)7-5-12/h4-7,14-15,23H,8-11H2,1-3H3/t15-/m1/s1. The molecule has 130 valence electrons. The summed E-state index contributed by atoms with van der Waals surface area (Å²) in [6.45, 7) is 7.10. The molecule has 1 aromatic carbocycles. The van der Waals surface area contributed by atoms with Crippen LogP contribution < -0.4 is 0 Å². The summed E-state index contributed by atoms with van der Waals surface area (Å²) < 4.78 is 18.4. The molecule has 1 aromatic heterocycles. The van der Waals surface area contributed by atoms with E-state index in [0.29, 0.717) is 36.4 Å². The maximum atomic E-state index is 13.0. The number of aromatic nitrogens is 2. The van der Waals surface area contributed by atoms with Gasteiger partial charge in [0.15, 0.2) is 5.82 Å². The third kappa shape index (κ3) is 4.19. The number of nitrogens with zero attached hydrogens (tertiary/aromatic N) is 3. The summed E-state index contributed by atoms with van der Waals surface area (Å²) in [5.41, 5.74) is 0.536. The Labute approximate surface area is 141 Å². The Morgan fingerprint density at radius 1 is 1.29 bits per heavy atom. The van der Waals surface area contributed by atoms with Crippen LogP contribution in [0, 0.1) is 5.82 Å². The van der Waals surface area contributed by atoms with Crippen LogP contribution in [0.15, 0.2) is 28.8 Å². The molecule has 6 heteroatoms. The topological polar surface area (TPSA) is 62.4 Å². The van der Waals surface area contributed by atoms with E-state index in [1.807, 2.05) is 20.8 Å². The summed E-state index contributed by atoms with van der Waals surface area (Å²) in [6, 6.07) is 6.43. The normalized spacial score (nSPS) is 16.6. The second-order valence-corrected chi connectivity index (χ2v) is 7.49. The van der Waals surface area contributed by atoms with Crippen molar-refractivity contribution in [2.24, 2.45) is 0 Å². The van der Waals surface area contributed by atoms with Crippen molar-refractivity contribution in [2.75, 3.05) is 6.54 Å². The van der Waals surface area contributed by atoms with Crippen molar-refractivity contribution < 1.29 is 14.0 Å². The van der Waals surface area contributed by atoms with Crippen LogP contribution in [0.2, 0.25) is 0 Å². The van der Waals surface area contributed by atoms with Gasteiger partial charge in [0.25, 0.3) is 0 Å². The van der Waals surface area contributed by atoms with Gasteiger partial charge in [-0.15, -0.1) is 0 Å². The van der Waals surface area contributed by atoms with E-state index in [9.17, 15) is 9.50 Å². The van der Waals surface area contributed by atoms with Gasteiger partial charge in [0.05, 0.1) is 12.6 Å². The van der Waals surface area contributed by atoms with E-state index in [-0.39, 0.29) is 11.2 Å². The molecule has 1 fully saturated rings. The van der Waals surface area contributed by atoms with Crippen LogP contribution in [-0.2, 0) is 12.0 Å². The zero-order chi connectivity index (χ0) is 17.3. The highest BCUT2D eigenvalue weighted by atomic mass is 19.1. The molecular weight excluding hydrogens is 309 g/mol. The van der Waals surface area contributed by atoms with Crippen LogP contribution in [0.4, 0.5) is 4.39 Å². The Morgan fingerprint density at radius 3 is 2.50 bits per heavy atom. The third-order valence-corrected chi connectivity index (χ3v) is 4.18. The van der Waals surface area contributed by atoms with Gasteiger partial charge in [-0.25, -0.2) is 4.39 Å². The molecule has 0 saturated heterocycles. The highest BCUT2D eigenvalue weighted by Gasteiger charge is 2.32. The molecule has 3 rings (SSSR count). The molecule has 0 amide bonds. The lowest BCUT2D eigenvalue weighted by Gasteiger charge is -2.23. The Bertz CT molecular complexity index is 674. The molecule has 0 unspecified atom stereocenters. The fourth-order valence-electron chi connectivity index (χ4n) is 2.60. The SMILES string of the molecule is CC(C)(C)c1nc(CN(C[C@@H](O)c2ccc(F)cc2)C2CC2)no1. The molecule has 24 heavy (non-hydrogen) atoms. The van der Waals surface area contributed by atoms with Gasteiger partial charge in [0.2, 0.25) is 5.89 Å². The van der Waals surface area contributed by atoms with Crippen LogP contribution in [0.3, 0.4) is 0 Å². The maximum Gasteiger partial charge on any atom is 0.232 e. The number of aliphatic hydroxyl groups excluding tert-OH is 1. The molecule has 1 heterocycles. The van der Waals surface area contributed by atoms with E-state index < -0.39 is 6.10 Å². The summed E-state index contributed by atoms with van der Waals surface area (Å²) >= 11 is 0. The second-order valence-electron chi connectivity index (χ2n) is 7.49. The van der Waals surface area contributed by atoms with E-state index in [2.05, 4.69) is 15.0 Å². The van der Waals surface area contributed by atoms with E-state index in [1.165, 1.54) is 12.1 Å². The Balaban J connectivity index is 1.67. The number of aliphatic hydroxyl groups is 1. The molecule has 1 saturated carbocycles. The predicted octanol–water partition coefficient (Wildman–Crippen LogP) is 3.20. The van der Waals surface area contributed by atoms with Crippen molar-refractivity contribution in [3.05, 3.63) is 47.4 Å². The summed E-state index contributed by atoms with van der Waals surface area (Å²) in [5.74, 6) is 0.956. The predicted molar refractivity (Wildman–Crippen MR) is 87.8 cm³/mol. The van der Waals surface area contributed by atoms with Gasteiger partial charge in [-0.2, -0.15) is 4.98 Å². The molecule has 0 radical (unpaired) electrons. The van der Waals surface area contributed by atoms with E-state index in [0.717, 1.165) is 12.8 Å². The van der Waals surface area contributed by atoms with Crippen molar-refractivity contribution in [1.29, 1.82) is 0 Å². The van der Waals surface area contributed by atoms with Crippen LogP contribution >= 0.6 is 0 Å². The molecule has 1 N–H and O–H groups in total. The van der Waals surface area contributed by atoms with Crippen molar-refractivity contribution in [3.63, 3.8) is 0 Å². The van der Waals surface area contributed by atoms with E-state index >= 15 is 0 Å². The molecule has 0 spiro atoms. The van der Waals surface area contributed by atoms with Gasteiger partial charge in [-0.3, -0.25) is 4.90 Å². The van der Waals surface area contributed by atoms with Gasteiger partial charge in [0, 0.05) is 18.0 Å². The van der Waals surface area contributed by atoms with Gasteiger partial charge < -0.3 is 9.63 Å². The van der Waals surface area contributed by atoms with Crippen molar-refractivity contribution in [2.45, 2.75) is 57.7 Å². The number of hydrogen-bond acceptors (Lipinski definition) is 5. The largest absolute Gasteiger partial charge is 0.387 e. The van der Waals surface area contributed by atoms with Gasteiger partial charge in [0.1, 0.15) is 5.82 Å². The van der Waals surface area contributed by atoms with E-state index in [1.54, 1.807) is 12.1 Å². The number of benzene rings is 1. The summed E-state index contributed by atoms with van der Waals surface area (Å²) in [5, 5.41) is 14.5. The van der Waals surface area contributed by atoms with Crippen LogP contribution in [0.25, 0.3) is 0 Å². The first-order valence-electron chi connectivity index (χ1n) is 8.33. The Morgan fingerprint density at radius 2 is 1.96 bits per heavy atom. The highest BCUT2D eigenvalue weighted by molar-refractivity contribution is 5.19. The highest BCUT2D eigenvalue weighted by Crippen LogP contribution is 2.30. The fourth-order valence-corrected chi connectivity index (χ4v) is 2.60. The first kappa shape index (κ1) is 17.0. The fraction of sp³-hybridized carbons (Fsp3) is 0.556. The van der Waals surface area contributed by atoms with Gasteiger partial charge in [-0.1, -0.05) is 38.1 Å². The maximum absolute atomic E-state index is 13.0. The smallest absolute Gasteiger partial charge is 0.232 e. The van der Waals surface area contributed by atoms with Crippen LogP contribution in [0.5, 0.6) is 0 Å². The van der Waals surface area contributed by atoms with Crippen molar-refractivity contribution in [3.8, 4) is 0 Å².